The van der Waals surface area contributed by atoms with Crippen LogP contribution in [0.3, 0.4) is 0 Å². The zero-order chi connectivity index (χ0) is 22.8. The highest BCUT2D eigenvalue weighted by Gasteiger charge is 2.59. The minimum absolute atomic E-state index is 0.0434. The van der Waals surface area contributed by atoms with Gasteiger partial charge in [0.15, 0.2) is 11.5 Å². The molecule has 3 aliphatic rings. The number of benzene rings is 1. The molecule has 1 aromatic rings. The smallest absolute Gasteiger partial charge is 0.308 e. The summed E-state index contributed by atoms with van der Waals surface area (Å²) in [6.07, 6.45) is 6.45. The molecule has 0 aromatic heterocycles. The zero-order valence-corrected chi connectivity index (χ0v) is 19.4. The summed E-state index contributed by atoms with van der Waals surface area (Å²) in [5.74, 6) is 0.359. The molecule has 166 valence electrons. The number of carbonyl (C=O) groups is 3. The molecule has 3 aliphatic carbocycles. The Morgan fingerprint density at radius 3 is 2.19 bits per heavy atom. The van der Waals surface area contributed by atoms with Crippen molar-refractivity contribution in [2.45, 2.75) is 79.1 Å². The van der Waals surface area contributed by atoms with Gasteiger partial charge >= 0.3 is 11.9 Å². The first-order chi connectivity index (χ1) is 14.4. The lowest BCUT2D eigenvalue weighted by molar-refractivity contribution is -0.140. The predicted molar refractivity (Wildman–Crippen MR) is 117 cm³/mol. The summed E-state index contributed by atoms with van der Waals surface area (Å²) in [7, 11) is 0. The van der Waals surface area contributed by atoms with E-state index in [4.69, 9.17) is 9.47 Å². The molecule has 0 bridgehead atoms. The zero-order valence-electron chi connectivity index (χ0n) is 19.4. The third-order valence-electron chi connectivity index (χ3n) is 8.17. The Hall–Kier alpha value is -2.43. The summed E-state index contributed by atoms with van der Waals surface area (Å²) in [6.45, 7) is 11.5. The Morgan fingerprint density at radius 1 is 0.968 bits per heavy atom. The molecule has 2 fully saturated rings. The fraction of sp³-hybridized carbons (Fsp3) is 0.577. The number of hydrogen-bond donors (Lipinski definition) is 0. The first-order valence-corrected chi connectivity index (χ1v) is 11.2. The number of carbonyl (C=O) groups excluding carboxylic acids is 3. The summed E-state index contributed by atoms with van der Waals surface area (Å²) in [6, 6.07) is 3.74. The second-order valence-electron chi connectivity index (χ2n) is 10.5. The van der Waals surface area contributed by atoms with E-state index in [0.717, 1.165) is 36.8 Å². The van der Waals surface area contributed by atoms with Crippen molar-refractivity contribution in [1.82, 2.24) is 0 Å². The second-order valence-corrected chi connectivity index (χ2v) is 10.5. The molecule has 0 spiro atoms. The maximum atomic E-state index is 12.7. The normalized spacial score (nSPS) is 31.0. The summed E-state index contributed by atoms with van der Waals surface area (Å²) in [5.41, 5.74) is 3.05. The Balaban J connectivity index is 1.83. The third kappa shape index (κ3) is 3.24. The molecule has 0 amide bonds. The Kier molecular flexibility index (Phi) is 4.95. The molecule has 0 aliphatic heterocycles. The van der Waals surface area contributed by atoms with E-state index < -0.39 is 11.9 Å². The standard InChI is InChI=1S/C26H32O5/c1-15(27)30-19-13-17-7-8-22-25(5,18(17)14-20(19)31-16(2)28)11-9-21-24(3,4)23(29)10-12-26(21,22)6/h8,13-14,21H,7,9-12H2,1-6H3/t21-,25-,26-/m0/s1. The number of ether oxygens (including phenoxy) is 2. The molecule has 0 unspecified atom stereocenters. The molecule has 0 N–H and O–H groups in total. The van der Waals surface area contributed by atoms with Gasteiger partial charge < -0.3 is 9.47 Å². The quantitative estimate of drug-likeness (QED) is 0.376. The van der Waals surface area contributed by atoms with E-state index in [1.807, 2.05) is 12.1 Å². The van der Waals surface area contributed by atoms with Gasteiger partial charge in [0.2, 0.25) is 0 Å². The molecule has 3 atom stereocenters. The molecule has 31 heavy (non-hydrogen) atoms. The van der Waals surface area contributed by atoms with Crippen molar-refractivity contribution in [1.29, 1.82) is 0 Å². The molecular weight excluding hydrogens is 392 g/mol. The van der Waals surface area contributed by atoms with Crippen molar-refractivity contribution in [2.24, 2.45) is 16.7 Å². The van der Waals surface area contributed by atoms with Crippen molar-refractivity contribution >= 4 is 17.7 Å². The molecule has 5 heteroatoms. The molecule has 0 heterocycles. The topological polar surface area (TPSA) is 69.7 Å². The molecule has 5 nitrogen and oxygen atoms in total. The van der Waals surface area contributed by atoms with Gasteiger partial charge in [0.1, 0.15) is 5.78 Å². The lowest BCUT2D eigenvalue weighted by Crippen LogP contribution is -2.55. The van der Waals surface area contributed by atoms with Gasteiger partial charge in [0.05, 0.1) is 0 Å². The number of esters is 2. The Bertz CT molecular complexity index is 1020. The van der Waals surface area contributed by atoms with Gasteiger partial charge in [0.25, 0.3) is 0 Å². The number of rotatable bonds is 2. The van der Waals surface area contributed by atoms with Crippen molar-refractivity contribution < 1.29 is 23.9 Å². The maximum absolute atomic E-state index is 12.7. The van der Waals surface area contributed by atoms with E-state index in [-0.39, 0.29) is 27.7 Å². The number of hydrogen-bond acceptors (Lipinski definition) is 5. The van der Waals surface area contributed by atoms with Gasteiger partial charge in [-0.1, -0.05) is 39.3 Å². The lowest BCUT2D eigenvalue weighted by Gasteiger charge is -2.60. The third-order valence-corrected chi connectivity index (χ3v) is 8.17. The SMILES string of the molecule is CC(=O)Oc1cc2c(cc1OC(C)=O)[C@]1(C)CC[C@H]3C(C)(C)C(=O)CC[C@]3(C)C1=CC2. The van der Waals surface area contributed by atoms with Crippen LogP contribution in [0.5, 0.6) is 11.5 Å². The minimum Gasteiger partial charge on any atom is -0.423 e. The van der Waals surface area contributed by atoms with Crippen LogP contribution in [0.25, 0.3) is 0 Å². The fourth-order valence-electron chi connectivity index (χ4n) is 6.76. The van der Waals surface area contributed by atoms with Gasteiger partial charge in [-0.2, -0.15) is 0 Å². The molecule has 1 aromatic carbocycles. The van der Waals surface area contributed by atoms with Gasteiger partial charge in [0, 0.05) is 31.1 Å². The monoisotopic (exact) mass is 424 g/mol. The van der Waals surface area contributed by atoms with Crippen molar-refractivity contribution in [3.63, 3.8) is 0 Å². The Labute approximate surface area is 184 Å². The molecule has 2 saturated carbocycles. The van der Waals surface area contributed by atoms with Crippen LogP contribution in [0.1, 0.15) is 78.4 Å². The largest absolute Gasteiger partial charge is 0.423 e. The van der Waals surface area contributed by atoms with E-state index in [0.29, 0.717) is 18.1 Å². The lowest BCUT2D eigenvalue weighted by atomic mass is 9.43. The van der Waals surface area contributed by atoms with Crippen LogP contribution in [0.4, 0.5) is 0 Å². The van der Waals surface area contributed by atoms with Crippen LogP contribution in [-0.2, 0) is 26.2 Å². The van der Waals surface area contributed by atoms with E-state index in [9.17, 15) is 14.4 Å². The number of Topliss-reactive ketones (excluding diaryl/α,β-unsaturated/α-hetero) is 1. The van der Waals surface area contributed by atoms with Crippen LogP contribution in [0.2, 0.25) is 0 Å². The van der Waals surface area contributed by atoms with Crippen LogP contribution in [0, 0.1) is 16.7 Å². The van der Waals surface area contributed by atoms with Gasteiger partial charge in [-0.3, -0.25) is 14.4 Å². The van der Waals surface area contributed by atoms with E-state index in [1.54, 1.807) is 0 Å². The molecule has 4 rings (SSSR count). The van der Waals surface area contributed by atoms with E-state index in [2.05, 4.69) is 33.8 Å². The second kappa shape index (κ2) is 7.04. The van der Waals surface area contributed by atoms with Crippen molar-refractivity contribution in [3.05, 3.63) is 34.9 Å². The summed E-state index contributed by atoms with van der Waals surface area (Å²) in [4.78, 5) is 36.0. The average Bonchev–Trinajstić information content (AvgIpc) is 2.65. The Morgan fingerprint density at radius 2 is 1.58 bits per heavy atom. The van der Waals surface area contributed by atoms with Gasteiger partial charge in [-0.15, -0.1) is 0 Å². The predicted octanol–water partition coefficient (Wildman–Crippen LogP) is 5.08. The van der Waals surface area contributed by atoms with Crippen LogP contribution in [-0.4, -0.2) is 17.7 Å². The van der Waals surface area contributed by atoms with Crippen LogP contribution >= 0.6 is 0 Å². The highest BCUT2D eigenvalue weighted by molar-refractivity contribution is 5.86. The van der Waals surface area contributed by atoms with Gasteiger partial charge in [-0.25, -0.2) is 0 Å². The highest BCUT2D eigenvalue weighted by atomic mass is 16.6. The average molecular weight is 425 g/mol. The number of allylic oxidation sites excluding steroid dienone is 2. The highest BCUT2D eigenvalue weighted by Crippen LogP contribution is 2.65. The van der Waals surface area contributed by atoms with Crippen LogP contribution in [0.15, 0.2) is 23.8 Å². The first kappa shape index (κ1) is 21.8. The van der Waals surface area contributed by atoms with E-state index >= 15 is 0 Å². The first-order valence-electron chi connectivity index (χ1n) is 11.2. The fourth-order valence-corrected chi connectivity index (χ4v) is 6.76. The summed E-state index contributed by atoms with van der Waals surface area (Å²) in [5, 5.41) is 0. The van der Waals surface area contributed by atoms with E-state index in [1.165, 1.54) is 19.4 Å². The van der Waals surface area contributed by atoms with Crippen molar-refractivity contribution in [3.8, 4) is 11.5 Å². The molecule has 0 radical (unpaired) electrons. The summed E-state index contributed by atoms with van der Waals surface area (Å²) < 4.78 is 10.8. The van der Waals surface area contributed by atoms with Crippen molar-refractivity contribution in [2.75, 3.05) is 0 Å². The van der Waals surface area contributed by atoms with Crippen LogP contribution < -0.4 is 9.47 Å². The minimum atomic E-state index is -0.451. The number of ketones is 1. The van der Waals surface area contributed by atoms with Gasteiger partial charge in [-0.05, 0) is 60.3 Å². The molecular formula is C26H32O5. The number of fused-ring (bicyclic) bond motifs is 5. The summed E-state index contributed by atoms with van der Waals surface area (Å²) >= 11 is 0. The molecule has 0 saturated heterocycles. The maximum Gasteiger partial charge on any atom is 0.308 e.